The number of rotatable bonds is 9. The van der Waals surface area contributed by atoms with E-state index in [2.05, 4.69) is 20.8 Å². The van der Waals surface area contributed by atoms with E-state index in [0.29, 0.717) is 33.0 Å². The molecule has 0 spiro atoms. The summed E-state index contributed by atoms with van der Waals surface area (Å²) >= 11 is 7.28. The molecule has 3 rings (SSSR count). The summed E-state index contributed by atoms with van der Waals surface area (Å²) < 4.78 is 6.73. The summed E-state index contributed by atoms with van der Waals surface area (Å²) in [5.74, 6) is 0.503. The second-order valence-corrected chi connectivity index (χ2v) is 8.49. The quantitative estimate of drug-likeness (QED) is 0.395. The lowest BCUT2D eigenvalue weighted by Crippen LogP contribution is -2.32. The summed E-state index contributed by atoms with van der Waals surface area (Å²) in [6.45, 7) is 1.52. The predicted octanol–water partition coefficient (Wildman–Crippen LogP) is 2.98. The number of anilines is 1. The van der Waals surface area contributed by atoms with Gasteiger partial charge in [-0.3, -0.25) is 9.59 Å². The molecule has 1 atom stereocenters. The Balaban J connectivity index is 1.61. The van der Waals surface area contributed by atoms with Gasteiger partial charge in [0, 0.05) is 23.3 Å². The number of ether oxygens (including phenoxy) is 1. The third kappa shape index (κ3) is 6.25. The molecule has 1 unspecified atom stereocenters. The van der Waals surface area contributed by atoms with Gasteiger partial charge in [0.05, 0.1) is 19.5 Å². The van der Waals surface area contributed by atoms with E-state index >= 15 is 0 Å². The highest BCUT2D eigenvalue weighted by molar-refractivity contribution is 7.99. The van der Waals surface area contributed by atoms with Crippen LogP contribution in [0.2, 0.25) is 5.02 Å². The fraction of sp³-hybridized carbons (Fsp3) is 0.273. The SMILES string of the molecule is COc1ccc(C(=O)NC(CO)c2nnc(SCC(=O)Nc3ccc(C)c(Cl)c3)n2C)cc1. The Morgan fingerprint density at radius 1 is 1.21 bits per heavy atom. The summed E-state index contributed by atoms with van der Waals surface area (Å²) in [5.41, 5.74) is 1.95. The van der Waals surface area contributed by atoms with Gasteiger partial charge in [0.25, 0.3) is 5.91 Å². The lowest BCUT2D eigenvalue weighted by Gasteiger charge is -2.16. The fourth-order valence-corrected chi connectivity index (χ4v) is 3.83. The number of aromatic nitrogens is 3. The number of nitrogens with zero attached hydrogens (tertiary/aromatic N) is 3. The Bertz CT molecular complexity index is 1140. The van der Waals surface area contributed by atoms with Gasteiger partial charge < -0.3 is 25.0 Å². The number of halogens is 1. The number of aryl methyl sites for hydroxylation is 1. The monoisotopic (exact) mass is 489 g/mol. The second-order valence-electron chi connectivity index (χ2n) is 7.14. The van der Waals surface area contributed by atoms with Gasteiger partial charge in [0.1, 0.15) is 11.8 Å². The average molecular weight is 490 g/mol. The number of aliphatic hydroxyl groups is 1. The first kappa shape index (κ1) is 24.6. The van der Waals surface area contributed by atoms with Gasteiger partial charge in [0.15, 0.2) is 11.0 Å². The van der Waals surface area contributed by atoms with Crippen LogP contribution >= 0.6 is 23.4 Å². The number of benzene rings is 2. The van der Waals surface area contributed by atoms with E-state index in [4.69, 9.17) is 16.3 Å². The number of amides is 2. The topological polar surface area (TPSA) is 118 Å². The first-order valence-corrected chi connectivity index (χ1v) is 11.3. The summed E-state index contributed by atoms with van der Waals surface area (Å²) in [6.07, 6.45) is 0. The molecule has 174 valence electrons. The summed E-state index contributed by atoms with van der Waals surface area (Å²) in [6, 6.07) is 11.1. The molecule has 0 fully saturated rings. The molecule has 11 heteroatoms. The van der Waals surface area contributed by atoms with Gasteiger partial charge in [-0.15, -0.1) is 10.2 Å². The zero-order chi connectivity index (χ0) is 24.0. The van der Waals surface area contributed by atoms with Crippen molar-refractivity contribution in [3.63, 3.8) is 0 Å². The molecule has 0 bridgehead atoms. The van der Waals surface area contributed by atoms with E-state index in [9.17, 15) is 14.7 Å². The molecular formula is C22H24ClN5O4S. The van der Waals surface area contributed by atoms with Crippen LogP contribution in [0, 0.1) is 6.92 Å². The van der Waals surface area contributed by atoms with Crippen molar-refractivity contribution in [3.8, 4) is 5.75 Å². The van der Waals surface area contributed by atoms with Crippen LogP contribution in [0.15, 0.2) is 47.6 Å². The number of hydrogen-bond donors (Lipinski definition) is 3. The van der Waals surface area contributed by atoms with Crippen LogP contribution in [0.25, 0.3) is 0 Å². The lowest BCUT2D eigenvalue weighted by atomic mass is 10.2. The highest BCUT2D eigenvalue weighted by Crippen LogP contribution is 2.22. The molecule has 0 saturated heterocycles. The molecule has 3 aromatic rings. The molecule has 9 nitrogen and oxygen atoms in total. The molecule has 33 heavy (non-hydrogen) atoms. The molecule has 0 saturated carbocycles. The number of methoxy groups -OCH3 is 1. The summed E-state index contributed by atoms with van der Waals surface area (Å²) in [4.78, 5) is 24.9. The first-order valence-electron chi connectivity index (χ1n) is 9.96. The average Bonchev–Trinajstić information content (AvgIpc) is 3.18. The summed E-state index contributed by atoms with van der Waals surface area (Å²) in [5, 5.41) is 24.6. The maximum atomic E-state index is 12.6. The van der Waals surface area contributed by atoms with Crippen molar-refractivity contribution in [3.05, 3.63) is 64.4 Å². The van der Waals surface area contributed by atoms with Crippen LogP contribution in [-0.2, 0) is 11.8 Å². The van der Waals surface area contributed by atoms with Crippen molar-refractivity contribution >= 4 is 40.9 Å². The van der Waals surface area contributed by atoms with Crippen LogP contribution in [0.4, 0.5) is 5.69 Å². The van der Waals surface area contributed by atoms with Crippen LogP contribution in [0.3, 0.4) is 0 Å². The van der Waals surface area contributed by atoms with Crippen molar-refractivity contribution in [2.75, 3.05) is 24.8 Å². The standard InChI is InChI=1S/C22H24ClN5O4S/c1-13-4-7-15(10-17(13)23)24-19(30)12-33-22-27-26-20(28(22)2)18(11-29)25-21(31)14-5-8-16(32-3)9-6-14/h4-10,18,29H,11-12H2,1-3H3,(H,24,30)(H,25,31). The molecule has 0 radical (unpaired) electrons. The van der Waals surface area contributed by atoms with Crippen molar-refractivity contribution in [1.29, 1.82) is 0 Å². The molecule has 0 aliphatic carbocycles. The van der Waals surface area contributed by atoms with Crippen LogP contribution in [0.1, 0.15) is 27.8 Å². The van der Waals surface area contributed by atoms with Gasteiger partial charge in [0.2, 0.25) is 5.91 Å². The highest BCUT2D eigenvalue weighted by Gasteiger charge is 2.22. The largest absolute Gasteiger partial charge is 0.497 e. The van der Waals surface area contributed by atoms with E-state index in [1.54, 1.807) is 55.1 Å². The lowest BCUT2D eigenvalue weighted by molar-refractivity contribution is -0.113. The van der Waals surface area contributed by atoms with Crippen molar-refractivity contribution in [2.24, 2.45) is 7.05 Å². The third-order valence-electron chi connectivity index (χ3n) is 4.81. The van der Waals surface area contributed by atoms with Gasteiger partial charge >= 0.3 is 0 Å². The number of aliphatic hydroxyl groups excluding tert-OH is 1. The van der Waals surface area contributed by atoms with Crippen molar-refractivity contribution in [1.82, 2.24) is 20.1 Å². The molecule has 0 aliphatic heterocycles. The number of carbonyl (C=O) groups excluding carboxylic acids is 2. The number of carbonyl (C=O) groups is 2. The van der Waals surface area contributed by atoms with Gasteiger partial charge in [-0.2, -0.15) is 0 Å². The molecule has 1 heterocycles. The van der Waals surface area contributed by atoms with Gasteiger partial charge in [-0.25, -0.2) is 0 Å². The number of thioether (sulfide) groups is 1. The normalized spacial score (nSPS) is 11.7. The van der Waals surface area contributed by atoms with Crippen LogP contribution in [0.5, 0.6) is 5.75 Å². The number of hydrogen-bond acceptors (Lipinski definition) is 7. The molecule has 3 N–H and O–H groups in total. The highest BCUT2D eigenvalue weighted by atomic mass is 35.5. The zero-order valence-corrected chi connectivity index (χ0v) is 19.9. The Labute approximate surface area is 200 Å². The van der Waals surface area contributed by atoms with Gasteiger partial charge in [-0.1, -0.05) is 29.4 Å². The van der Waals surface area contributed by atoms with Crippen molar-refractivity contribution < 1.29 is 19.4 Å². The fourth-order valence-electron chi connectivity index (χ4n) is 2.93. The van der Waals surface area contributed by atoms with E-state index in [0.717, 1.165) is 5.56 Å². The molecular weight excluding hydrogens is 466 g/mol. The van der Waals surface area contributed by atoms with E-state index < -0.39 is 6.04 Å². The predicted molar refractivity (Wildman–Crippen MR) is 127 cm³/mol. The Kier molecular flexibility index (Phi) is 8.32. The van der Waals surface area contributed by atoms with E-state index in [-0.39, 0.29) is 24.2 Å². The molecule has 2 amide bonds. The second kappa shape index (κ2) is 11.2. The van der Waals surface area contributed by atoms with Crippen LogP contribution in [-0.4, -0.2) is 51.2 Å². The maximum Gasteiger partial charge on any atom is 0.251 e. The minimum Gasteiger partial charge on any atom is -0.497 e. The molecule has 1 aromatic heterocycles. The Morgan fingerprint density at radius 2 is 1.94 bits per heavy atom. The summed E-state index contributed by atoms with van der Waals surface area (Å²) in [7, 11) is 3.25. The van der Waals surface area contributed by atoms with Crippen LogP contribution < -0.4 is 15.4 Å². The Morgan fingerprint density at radius 3 is 2.58 bits per heavy atom. The third-order valence-corrected chi connectivity index (χ3v) is 6.24. The molecule has 2 aromatic carbocycles. The minimum absolute atomic E-state index is 0.0967. The van der Waals surface area contributed by atoms with E-state index in [1.807, 2.05) is 13.0 Å². The molecule has 0 aliphatic rings. The van der Waals surface area contributed by atoms with Gasteiger partial charge in [-0.05, 0) is 48.9 Å². The minimum atomic E-state index is -0.769. The van der Waals surface area contributed by atoms with E-state index in [1.165, 1.54) is 11.8 Å². The maximum absolute atomic E-state index is 12.6. The smallest absolute Gasteiger partial charge is 0.251 e. The van der Waals surface area contributed by atoms with Crippen molar-refractivity contribution in [2.45, 2.75) is 18.1 Å². The Hall–Kier alpha value is -3.08. The zero-order valence-electron chi connectivity index (χ0n) is 18.3. The number of nitrogens with one attached hydrogen (secondary N) is 2. The first-order chi connectivity index (χ1) is 15.8.